The molecule has 0 amide bonds. The van der Waals surface area contributed by atoms with Crippen LogP contribution in [-0.2, 0) is 0 Å². The van der Waals surface area contributed by atoms with Crippen molar-refractivity contribution in [3.63, 3.8) is 0 Å². The van der Waals surface area contributed by atoms with Crippen LogP contribution in [0.25, 0.3) is 5.57 Å². The Morgan fingerprint density at radius 2 is 1.80 bits per heavy atom. The zero-order valence-electron chi connectivity index (χ0n) is 23.1. The number of unbranched alkanes of at least 4 members (excludes halogenated alkanes) is 1. The number of thioether (sulfide) groups is 1. The lowest BCUT2D eigenvalue weighted by molar-refractivity contribution is 0.415. The number of ether oxygens (including phenoxy) is 1. The molecule has 3 atom stereocenters. The van der Waals surface area contributed by atoms with E-state index in [1.165, 1.54) is 40.9 Å². The van der Waals surface area contributed by atoms with Crippen molar-refractivity contribution in [1.82, 2.24) is 0 Å². The van der Waals surface area contributed by atoms with Gasteiger partial charge >= 0.3 is 0 Å². The Hall–Kier alpha value is -2.37. The molecule has 0 bridgehead atoms. The molecule has 0 radical (unpaired) electrons. The summed E-state index contributed by atoms with van der Waals surface area (Å²) in [6.45, 7) is 21.1. The molecule has 3 rings (SSSR count). The molecule has 0 heterocycles. The van der Waals surface area contributed by atoms with Gasteiger partial charge in [-0.05, 0) is 66.0 Å². The first kappa shape index (κ1) is 30.7. The van der Waals surface area contributed by atoms with Crippen molar-refractivity contribution < 1.29 is 4.74 Å². The van der Waals surface area contributed by atoms with Crippen molar-refractivity contribution in [2.24, 2.45) is 11.8 Å². The van der Waals surface area contributed by atoms with Crippen LogP contribution in [0.3, 0.4) is 0 Å². The predicted octanol–water partition coefficient (Wildman–Crippen LogP) is 10.0. The van der Waals surface area contributed by atoms with Crippen molar-refractivity contribution in [2.75, 3.05) is 7.11 Å². The zero-order valence-corrected chi connectivity index (χ0v) is 23.9. The lowest BCUT2D eigenvalue weighted by atomic mass is 9.86. The highest BCUT2D eigenvalue weighted by Gasteiger charge is 2.35. The van der Waals surface area contributed by atoms with Gasteiger partial charge in [0.2, 0.25) is 0 Å². The fourth-order valence-corrected chi connectivity index (χ4v) is 5.66. The summed E-state index contributed by atoms with van der Waals surface area (Å²) in [7, 11) is 1.69. The van der Waals surface area contributed by atoms with Crippen molar-refractivity contribution in [3.8, 4) is 17.6 Å². The van der Waals surface area contributed by atoms with Gasteiger partial charge in [0.05, 0.1) is 7.11 Å². The third-order valence-corrected chi connectivity index (χ3v) is 7.89. The van der Waals surface area contributed by atoms with E-state index >= 15 is 0 Å². The minimum Gasteiger partial charge on any atom is -0.497 e. The number of hydrogen-bond donors (Lipinski definition) is 0. The summed E-state index contributed by atoms with van der Waals surface area (Å²) < 4.78 is 5.27. The molecule has 2 heteroatoms. The van der Waals surface area contributed by atoms with E-state index in [1.54, 1.807) is 7.11 Å². The first-order valence-electron chi connectivity index (χ1n) is 13.3. The molecule has 1 fully saturated rings. The number of methoxy groups -OCH3 is 1. The summed E-state index contributed by atoms with van der Waals surface area (Å²) in [5, 5.41) is 0.618. The van der Waals surface area contributed by atoms with E-state index in [2.05, 4.69) is 69.2 Å². The van der Waals surface area contributed by atoms with E-state index in [4.69, 9.17) is 4.74 Å². The topological polar surface area (TPSA) is 9.23 Å². The second-order valence-electron chi connectivity index (χ2n) is 8.30. The van der Waals surface area contributed by atoms with Crippen molar-refractivity contribution in [1.29, 1.82) is 0 Å². The Morgan fingerprint density at radius 1 is 1.11 bits per heavy atom. The summed E-state index contributed by atoms with van der Waals surface area (Å²) in [6.07, 6.45) is 14.2. The van der Waals surface area contributed by atoms with Crippen LogP contribution >= 0.6 is 11.8 Å². The maximum atomic E-state index is 5.27. The minimum atomic E-state index is 0.492. The predicted molar refractivity (Wildman–Crippen MR) is 160 cm³/mol. The summed E-state index contributed by atoms with van der Waals surface area (Å²) in [5.41, 5.74) is 4.73. The first-order valence-corrected chi connectivity index (χ1v) is 14.2. The summed E-state index contributed by atoms with van der Waals surface area (Å²) in [6, 6.07) is 8.21. The Balaban J connectivity index is 0.00000145. The van der Waals surface area contributed by atoms with Gasteiger partial charge in [-0.1, -0.05) is 103 Å². The quantitative estimate of drug-likeness (QED) is 0.251. The maximum absolute atomic E-state index is 5.27. The van der Waals surface area contributed by atoms with Gasteiger partial charge in [0.1, 0.15) is 5.75 Å². The SMILES string of the molecule is C=C/C(=C\CCC)SC1CCC(C(=C)C2=CC=C(c3ccc(OC)cc3)CC#C2)C1C.CC.CC. The normalized spacial score (nSPS) is 20.9. The van der Waals surface area contributed by atoms with Gasteiger partial charge in [0.25, 0.3) is 0 Å². The molecule has 3 unspecified atom stereocenters. The van der Waals surface area contributed by atoms with Crippen LogP contribution in [0.2, 0.25) is 0 Å². The number of rotatable bonds is 9. The van der Waals surface area contributed by atoms with Crippen LogP contribution in [0, 0.1) is 23.7 Å². The molecule has 0 spiro atoms. The number of allylic oxidation sites excluding steroid dienone is 7. The summed E-state index contributed by atoms with van der Waals surface area (Å²) in [4.78, 5) is 1.32. The molecule has 35 heavy (non-hydrogen) atoms. The van der Waals surface area contributed by atoms with Crippen LogP contribution < -0.4 is 4.74 Å². The van der Waals surface area contributed by atoms with Crippen LogP contribution in [0.5, 0.6) is 5.75 Å². The Bertz CT molecular complexity index is 949. The van der Waals surface area contributed by atoms with Gasteiger partial charge in [-0.2, -0.15) is 0 Å². The van der Waals surface area contributed by atoms with Crippen molar-refractivity contribution in [3.05, 3.63) is 83.3 Å². The average Bonchev–Trinajstić information content (AvgIpc) is 3.11. The molecule has 1 aromatic rings. The number of benzene rings is 1. The third kappa shape index (κ3) is 8.97. The standard InChI is InChI=1S/C29H34OS.2C2H6/c1-6-8-12-27(7-2)31-29-20-19-28(22(29)4)21(3)23-10-9-11-24(14-13-23)25-15-17-26(30-5)18-16-25;2*1-2/h7,12-18,22,28-29H,2-3,6,8,11,19-20H2,1,4-5H3;2*1-2H3/b27-12+;;. The van der Waals surface area contributed by atoms with E-state index in [0.717, 1.165) is 24.2 Å². The highest BCUT2D eigenvalue weighted by atomic mass is 32.2. The smallest absolute Gasteiger partial charge is 0.118 e. The highest BCUT2D eigenvalue weighted by molar-refractivity contribution is 8.03. The molecule has 190 valence electrons. The van der Waals surface area contributed by atoms with Gasteiger partial charge in [-0.3, -0.25) is 0 Å². The molecular formula is C33H46OS. The van der Waals surface area contributed by atoms with E-state index in [-0.39, 0.29) is 0 Å². The lowest BCUT2D eigenvalue weighted by Gasteiger charge is -2.22. The first-order chi connectivity index (χ1) is 17.1. The van der Waals surface area contributed by atoms with Gasteiger partial charge in [-0.25, -0.2) is 0 Å². The van der Waals surface area contributed by atoms with E-state index < -0.39 is 0 Å². The van der Waals surface area contributed by atoms with E-state index in [9.17, 15) is 0 Å². The molecule has 2 aliphatic rings. The fourth-order valence-electron chi connectivity index (χ4n) is 4.34. The van der Waals surface area contributed by atoms with Crippen LogP contribution in [-0.4, -0.2) is 12.4 Å². The molecule has 0 N–H and O–H groups in total. The summed E-state index contributed by atoms with van der Waals surface area (Å²) >= 11 is 2.00. The second-order valence-corrected chi connectivity index (χ2v) is 9.62. The van der Waals surface area contributed by atoms with Crippen molar-refractivity contribution in [2.45, 2.75) is 78.9 Å². The molecule has 1 nitrogen and oxygen atoms in total. The Kier molecular flexibility index (Phi) is 15.0. The second kappa shape index (κ2) is 17.1. The number of hydrogen-bond acceptors (Lipinski definition) is 2. The molecule has 0 saturated heterocycles. The van der Waals surface area contributed by atoms with Gasteiger partial charge in [-0.15, -0.1) is 11.8 Å². The van der Waals surface area contributed by atoms with Gasteiger partial charge in [0.15, 0.2) is 0 Å². The summed E-state index contributed by atoms with van der Waals surface area (Å²) in [5.74, 6) is 8.71. The van der Waals surface area contributed by atoms with Crippen LogP contribution in [0.1, 0.15) is 79.2 Å². The fraction of sp³-hybridized carbons (Fsp3) is 0.455. The zero-order chi connectivity index (χ0) is 26.2. The van der Waals surface area contributed by atoms with Crippen LogP contribution in [0.4, 0.5) is 0 Å². The minimum absolute atomic E-state index is 0.492. The Morgan fingerprint density at radius 3 is 2.40 bits per heavy atom. The van der Waals surface area contributed by atoms with E-state index in [1.807, 2.05) is 57.7 Å². The third-order valence-electron chi connectivity index (χ3n) is 6.31. The molecule has 0 aromatic heterocycles. The lowest BCUT2D eigenvalue weighted by Crippen LogP contribution is -2.15. The molecular weight excluding hydrogens is 444 g/mol. The maximum Gasteiger partial charge on any atom is 0.118 e. The largest absolute Gasteiger partial charge is 0.497 e. The Labute approximate surface area is 220 Å². The van der Waals surface area contributed by atoms with Crippen molar-refractivity contribution >= 4 is 17.3 Å². The van der Waals surface area contributed by atoms with Crippen LogP contribution in [0.15, 0.2) is 77.8 Å². The monoisotopic (exact) mass is 490 g/mol. The molecule has 1 saturated carbocycles. The average molecular weight is 491 g/mol. The molecule has 1 aromatic carbocycles. The van der Waals surface area contributed by atoms with E-state index in [0.29, 0.717) is 17.1 Å². The van der Waals surface area contributed by atoms with Gasteiger partial charge in [0, 0.05) is 22.1 Å². The van der Waals surface area contributed by atoms with Gasteiger partial charge < -0.3 is 4.74 Å². The molecule has 2 aliphatic carbocycles. The highest BCUT2D eigenvalue weighted by Crippen LogP contribution is 2.46. The molecule has 0 aliphatic heterocycles.